The van der Waals surface area contributed by atoms with Gasteiger partial charge in [-0.25, -0.2) is 4.79 Å². The van der Waals surface area contributed by atoms with Crippen LogP contribution in [0.3, 0.4) is 0 Å². The van der Waals surface area contributed by atoms with Crippen molar-refractivity contribution in [3.05, 3.63) is 60.2 Å². The number of aromatic nitrogens is 3. The predicted octanol–water partition coefficient (Wildman–Crippen LogP) is 2.88. The van der Waals surface area contributed by atoms with Gasteiger partial charge in [-0.15, -0.1) is 0 Å². The van der Waals surface area contributed by atoms with Crippen LogP contribution in [0.25, 0.3) is 11.4 Å². The number of carbonyl (C=O) groups is 2. The fraction of sp³-hybridized carbons (Fsp3) is 0.211. The number of hydrogen-bond acceptors (Lipinski definition) is 7. The first kappa shape index (κ1) is 18.2. The molecule has 0 bridgehead atoms. The van der Waals surface area contributed by atoms with E-state index in [0.717, 1.165) is 5.56 Å². The van der Waals surface area contributed by atoms with Gasteiger partial charge in [0.25, 0.3) is 0 Å². The average molecular weight is 366 g/mol. The molecule has 0 saturated carbocycles. The molecule has 0 atom stereocenters. The zero-order valence-corrected chi connectivity index (χ0v) is 14.7. The van der Waals surface area contributed by atoms with Crippen LogP contribution in [0.4, 0.5) is 5.69 Å². The lowest BCUT2D eigenvalue weighted by atomic mass is 10.2. The first-order valence-electron chi connectivity index (χ1n) is 8.37. The number of carbonyl (C=O) groups excluding carboxylic acids is 2. The van der Waals surface area contributed by atoms with E-state index in [-0.39, 0.29) is 5.91 Å². The highest BCUT2D eigenvalue weighted by Crippen LogP contribution is 2.15. The van der Waals surface area contributed by atoms with E-state index >= 15 is 0 Å². The van der Waals surface area contributed by atoms with Gasteiger partial charge in [0.1, 0.15) is 0 Å². The number of anilines is 1. The normalized spacial score (nSPS) is 10.4. The molecular weight excluding hydrogens is 348 g/mol. The molecule has 0 aliphatic heterocycles. The number of esters is 1. The maximum atomic E-state index is 12.0. The molecule has 2 heterocycles. The van der Waals surface area contributed by atoms with Gasteiger partial charge >= 0.3 is 5.97 Å². The van der Waals surface area contributed by atoms with Gasteiger partial charge in [-0.1, -0.05) is 5.16 Å². The summed E-state index contributed by atoms with van der Waals surface area (Å²) in [5.41, 5.74) is 1.82. The van der Waals surface area contributed by atoms with Gasteiger partial charge in [-0.2, -0.15) is 4.98 Å². The molecule has 3 aromatic rings. The molecule has 0 aliphatic carbocycles. The Morgan fingerprint density at radius 3 is 2.70 bits per heavy atom. The lowest BCUT2D eigenvalue weighted by molar-refractivity contribution is -0.116. The van der Waals surface area contributed by atoms with Gasteiger partial charge in [-0.05, 0) is 42.8 Å². The molecule has 0 spiro atoms. The van der Waals surface area contributed by atoms with Crippen LogP contribution in [0.15, 0.2) is 53.3 Å². The van der Waals surface area contributed by atoms with Crippen LogP contribution in [0, 0.1) is 0 Å². The van der Waals surface area contributed by atoms with Gasteiger partial charge in [0.15, 0.2) is 0 Å². The van der Waals surface area contributed by atoms with Crippen molar-refractivity contribution in [3.63, 3.8) is 0 Å². The summed E-state index contributed by atoms with van der Waals surface area (Å²) in [6.07, 6.45) is 4.71. The minimum atomic E-state index is -0.418. The Morgan fingerprint density at radius 1 is 1.19 bits per heavy atom. The zero-order valence-electron chi connectivity index (χ0n) is 14.7. The Balaban J connectivity index is 1.46. The van der Waals surface area contributed by atoms with Crippen LogP contribution in [0.5, 0.6) is 0 Å². The van der Waals surface area contributed by atoms with Crippen LogP contribution in [-0.4, -0.2) is 34.1 Å². The van der Waals surface area contributed by atoms with E-state index < -0.39 is 5.97 Å². The maximum Gasteiger partial charge on any atom is 0.337 e. The number of nitrogens with one attached hydrogen (secondary N) is 1. The largest absolute Gasteiger partial charge is 0.465 e. The smallest absolute Gasteiger partial charge is 0.337 e. The molecule has 3 rings (SSSR count). The van der Waals surface area contributed by atoms with E-state index in [2.05, 4.69) is 25.2 Å². The second-order valence-corrected chi connectivity index (χ2v) is 5.72. The summed E-state index contributed by atoms with van der Waals surface area (Å²) in [6.45, 7) is 0. The molecule has 0 radical (unpaired) electrons. The van der Waals surface area contributed by atoms with Crippen molar-refractivity contribution in [2.45, 2.75) is 19.3 Å². The molecule has 8 heteroatoms. The number of pyridine rings is 1. The molecular formula is C19H18N4O4. The fourth-order valence-corrected chi connectivity index (χ4v) is 2.40. The van der Waals surface area contributed by atoms with E-state index in [1.807, 2.05) is 6.07 Å². The van der Waals surface area contributed by atoms with Crippen molar-refractivity contribution in [3.8, 4) is 11.4 Å². The summed E-state index contributed by atoms with van der Waals surface area (Å²) in [7, 11) is 1.32. The molecule has 1 N–H and O–H groups in total. The number of ether oxygens (including phenoxy) is 1. The molecule has 0 aliphatic rings. The van der Waals surface area contributed by atoms with Gasteiger partial charge < -0.3 is 14.6 Å². The predicted molar refractivity (Wildman–Crippen MR) is 96.9 cm³/mol. The highest BCUT2D eigenvalue weighted by atomic mass is 16.5. The van der Waals surface area contributed by atoms with E-state index in [1.165, 1.54) is 7.11 Å². The molecule has 27 heavy (non-hydrogen) atoms. The number of rotatable bonds is 7. The van der Waals surface area contributed by atoms with E-state index in [1.54, 1.807) is 42.7 Å². The molecule has 8 nitrogen and oxygen atoms in total. The Morgan fingerprint density at radius 2 is 2.00 bits per heavy atom. The Bertz CT molecular complexity index is 907. The second kappa shape index (κ2) is 8.70. The van der Waals surface area contributed by atoms with Crippen molar-refractivity contribution in [1.29, 1.82) is 0 Å². The molecule has 138 valence electrons. The van der Waals surface area contributed by atoms with Gasteiger partial charge in [0.2, 0.25) is 17.6 Å². The highest BCUT2D eigenvalue weighted by molar-refractivity contribution is 5.93. The molecule has 1 aromatic carbocycles. The number of methoxy groups -OCH3 is 1. The zero-order chi connectivity index (χ0) is 19.1. The summed E-state index contributed by atoms with van der Waals surface area (Å²) in [4.78, 5) is 31.7. The first-order chi connectivity index (χ1) is 13.2. The highest BCUT2D eigenvalue weighted by Gasteiger charge is 2.10. The Kier molecular flexibility index (Phi) is 5.88. The topological polar surface area (TPSA) is 107 Å². The lowest BCUT2D eigenvalue weighted by Gasteiger charge is -2.05. The minimum Gasteiger partial charge on any atom is -0.465 e. The third kappa shape index (κ3) is 4.97. The van der Waals surface area contributed by atoms with Crippen molar-refractivity contribution in [2.24, 2.45) is 0 Å². The van der Waals surface area contributed by atoms with Crippen molar-refractivity contribution in [2.75, 3.05) is 12.4 Å². The van der Waals surface area contributed by atoms with Crippen molar-refractivity contribution < 1.29 is 18.8 Å². The molecule has 1 amide bonds. The van der Waals surface area contributed by atoms with E-state index in [9.17, 15) is 9.59 Å². The monoisotopic (exact) mass is 366 g/mol. The summed E-state index contributed by atoms with van der Waals surface area (Å²) in [6, 6.07) is 10.2. The summed E-state index contributed by atoms with van der Waals surface area (Å²) in [5.74, 6) is 0.406. The number of benzene rings is 1. The van der Waals surface area contributed by atoms with E-state index in [0.29, 0.717) is 42.2 Å². The van der Waals surface area contributed by atoms with Gasteiger partial charge in [0.05, 0.1) is 12.7 Å². The molecule has 0 unspecified atom stereocenters. The maximum absolute atomic E-state index is 12.0. The summed E-state index contributed by atoms with van der Waals surface area (Å²) >= 11 is 0. The average Bonchev–Trinajstić information content (AvgIpc) is 3.17. The van der Waals surface area contributed by atoms with Crippen LogP contribution in [0.1, 0.15) is 29.1 Å². The van der Waals surface area contributed by atoms with Crippen LogP contribution in [-0.2, 0) is 16.0 Å². The number of aryl methyl sites for hydroxylation is 1. The Hall–Kier alpha value is -3.55. The summed E-state index contributed by atoms with van der Waals surface area (Å²) < 4.78 is 9.83. The SMILES string of the molecule is COC(=O)c1ccc(NC(=O)CCCc2nc(-c3cccnc3)no2)cc1. The molecule has 0 fully saturated rings. The summed E-state index contributed by atoms with van der Waals surface area (Å²) in [5, 5.41) is 6.69. The minimum absolute atomic E-state index is 0.132. The lowest BCUT2D eigenvalue weighted by Crippen LogP contribution is -2.11. The molecule has 2 aromatic heterocycles. The van der Waals surface area contributed by atoms with Gasteiger partial charge in [-0.3, -0.25) is 9.78 Å². The van der Waals surface area contributed by atoms with E-state index in [4.69, 9.17) is 4.52 Å². The number of nitrogens with zero attached hydrogens (tertiary/aromatic N) is 3. The standard InChI is InChI=1S/C19H18N4O4/c1-26-19(25)13-7-9-15(10-8-13)21-16(24)5-2-6-17-22-18(23-27-17)14-4-3-11-20-12-14/h3-4,7-12H,2,5-6H2,1H3,(H,21,24). The van der Waals surface area contributed by atoms with Crippen molar-refractivity contribution in [1.82, 2.24) is 15.1 Å². The van der Waals surface area contributed by atoms with Gasteiger partial charge in [0, 0.05) is 36.5 Å². The molecule has 0 saturated heterocycles. The quantitative estimate of drug-likeness (QED) is 0.641. The van der Waals surface area contributed by atoms with Crippen LogP contribution >= 0.6 is 0 Å². The third-order valence-electron chi connectivity index (χ3n) is 3.77. The third-order valence-corrected chi connectivity index (χ3v) is 3.77. The first-order valence-corrected chi connectivity index (χ1v) is 8.37. The van der Waals surface area contributed by atoms with Crippen LogP contribution < -0.4 is 5.32 Å². The van der Waals surface area contributed by atoms with Crippen molar-refractivity contribution >= 4 is 17.6 Å². The second-order valence-electron chi connectivity index (χ2n) is 5.72. The fourth-order valence-electron chi connectivity index (χ4n) is 2.40. The number of amides is 1. The number of hydrogen-bond donors (Lipinski definition) is 1. The Labute approximate surface area is 155 Å². The van der Waals surface area contributed by atoms with Crippen LogP contribution in [0.2, 0.25) is 0 Å².